The van der Waals surface area contributed by atoms with Crippen molar-refractivity contribution in [2.24, 2.45) is 0 Å². The van der Waals surface area contributed by atoms with Crippen LogP contribution in [-0.4, -0.2) is 12.7 Å². The second-order valence-corrected chi connectivity index (χ2v) is 3.84. The molecule has 0 bridgehead atoms. The van der Waals surface area contributed by atoms with Gasteiger partial charge in [-0.25, -0.2) is 0 Å². The molecule has 1 saturated carbocycles. The Labute approximate surface area is 72.4 Å². The number of ether oxygens (including phenoxy) is 1. The summed E-state index contributed by atoms with van der Waals surface area (Å²) >= 11 is 0. The van der Waals surface area contributed by atoms with Crippen LogP contribution >= 0.6 is 0 Å². The van der Waals surface area contributed by atoms with Gasteiger partial charge in [0.15, 0.2) is 0 Å². The SMILES string of the molecule is c1ccc(C2([C@@H]3CO3)CC2)cc1. The van der Waals surface area contributed by atoms with Crippen molar-refractivity contribution in [3.05, 3.63) is 35.9 Å². The molecule has 0 unspecified atom stereocenters. The summed E-state index contributed by atoms with van der Waals surface area (Å²) in [6.45, 7) is 0.981. The van der Waals surface area contributed by atoms with E-state index in [4.69, 9.17) is 4.74 Å². The summed E-state index contributed by atoms with van der Waals surface area (Å²) in [5, 5.41) is 0. The molecule has 1 saturated heterocycles. The van der Waals surface area contributed by atoms with Gasteiger partial charge >= 0.3 is 0 Å². The molecule has 0 amide bonds. The van der Waals surface area contributed by atoms with E-state index in [-0.39, 0.29) is 0 Å². The van der Waals surface area contributed by atoms with Gasteiger partial charge in [-0.1, -0.05) is 30.3 Å². The number of rotatable bonds is 2. The number of hydrogen-bond acceptors (Lipinski definition) is 1. The molecule has 1 aromatic rings. The summed E-state index contributed by atoms with van der Waals surface area (Å²) in [6, 6.07) is 10.8. The van der Waals surface area contributed by atoms with Gasteiger partial charge in [-0.15, -0.1) is 0 Å². The Morgan fingerprint density at radius 2 is 1.83 bits per heavy atom. The van der Waals surface area contributed by atoms with Gasteiger partial charge in [0.25, 0.3) is 0 Å². The Kier molecular flexibility index (Phi) is 1.17. The summed E-state index contributed by atoms with van der Waals surface area (Å²) in [5.41, 5.74) is 1.91. The van der Waals surface area contributed by atoms with Gasteiger partial charge in [-0.05, 0) is 18.4 Å². The number of epoxide rings is 1. The number of hydrogen-bond donors (Lipinski definition) is 0. The number of benzene rings is 1. The quantitative estimate of drug-likeness (QED) is 0.604. The predicted octanol–water partition coefficient (Wildman–Crippen LogP) is 2.12. The molecule has 1 heteroatoms. The first-order valence-corrected chi connectivity index (χ1v) is 4.59. The van der Waals surface area contributed by atoms with Gasteiger partial charge in [0.1, 0.15) is 0 Å². The zero-order valence-electron chi connectivity index (χ0n) is 6.99. The van der Waals surface area contributed by atoms with E-state index in [1.807, 2.05) is 0 Å². The van der Waals surface area contributed by atoms with Crippen LogP contribution in [0.5, 0.6) is 0 Å². The van der Waals surface area contributed by atoms with E-state index in [2.05, 4.69) is 30.3 Å². The highest BCUT2D eigenvalue weighted by Gasteiger charge is 2.56. The molecule has 1 nitrogen and oxygen atoms in total. The molecule has 3 rings (SSSR count). The highest BCUT2D eigenvalue weighted by molar-refractivity contribution is 5.34. The highest BCUT2D eigenvalue weighted by Crippen LogP contribution is 2.55. The zero-order chi connectivity index (χ0) is 8.02. The van der Waals surface area contributed by atoms with E-state index in [0.717, 1.165) is 6.61 Å². The van der Waals surface area contributed by atoms with E-state index in [1.165, 1.54) is 18.4 Å². The fourth-order valence-corrected chi connectivity index (χ4v) is 2.07. The van der Waals surface area contributed by atoms with Crippen molar-refractivity contribution in [1.29, 1.82) is 0 Å². The molecular formula is C11H12O. The van der Waals surface area contributed by atoms with E-state index in [1.54, 1.807) is 0 Å². The molecule has 1 aromatic carbocycles. The van der Waals surface area contributed by atoms with Crippen molar-refractivity contribution in [2.45, 2.75) is 24.4 Å². The third-order valence-corrected chi connectivity index (χ3v) is 3.09. The molecule has 1 atom stereocenters. The highest BCUT2D eigenvalue weighted by atomic mass is 16.6. The molecular weight excluding hydrogens is 148 g/mol. The van der Waals surface area contributed by atoms with Gasteiger partial charge < -0.3 is 4.74 Å². The van der Waals surface area contributed by atoms with Crippen LogP contribution in [0.15, 0.2) is 30.3 Å². The maximum Gasteiger partial charge on any atom is 0.0906 e. The lowest BCUT2D eigenvalue weighted by molar-refractivity contribution is 0.364. The molecule has 1 aliphatic heterocycles. The second kappa shape index (κ2) is 2.11. The molecule has 0 N–H and O–H groups in total. The summed E-state index contributed by atoms with van der Waals surface area (Å²) in [5.74, 6) is 0. The van der Waals surface area contributed by atoms with E-state index < -0.39 is 0 Å². The standard InChI is InChI=1S/C11H12O/c1-2-4-9(5-3-1)11(6-7-11)10-8-12-10/h1-5,10H,6-8H2/t10-/m0/s1. The van der Waals surface area contributed by atoms with Crippen molar-refractivity contribution in [3.63, 3.8) is 0 Å². The van der Waals surface area contributed by atoms with Gasteiger partial charge in [-0.3, -0.25) is 0 Å². The van der Waals surface area contributed by atoms with Crippen LogP contribution in [0.1, 0.15) is 18.4 Å². The minimum atomic E-state index is 0.432. The van der Waals surface area contributed by atoms with Crippen LogP contribution in [-0.2, 0) is 10.2 Å². The minimum absolute atomic E-state index is 0.432. The summed E-state index contributed by atoms with van der Waals surface area (Å²) in [4.78, 5) is 0. The fraction of sp³-hybridized carbons (Fsp3) is 0.455. The average Bonchev–Trinajstić information content (AvgIpc) is 2.99. The molecule has 0 radical (unpaired) electrons. The van der Waals surface area contributed by atoms with Crippen molar-refractivity contribution in [2.75, 3.05) is 6.61 Å². The zero-order valence-corrected chi connectivity index (χ0v) is 6.99. The average molecular weight is 160 g/mol. The Balaban J connectivity index is 1.97. The lowest BCUT2D eigenvalue weighted by atomic mass is 9.93. The van der Waals surface area contributed by atoms with Gasteiger partial charge in [-0.2, -0.15) is 0 Å². The fourth-order valence-electron chi connectivity index (χ4n) is 2.07. The Morgan fingerprint density at radius 3 is 2.33 bits per heavy atom. The molecule has 0 spiro atoms. The van der Waals surface area contributed by atoms with Crippen molar-refractivity contribution in [1.82, 2.24) is 0 Å². The predicted molar refractivity (Wildman–Crippen MR) is 47.1 cm³/mol. The Morgan fingerprint density at radius 1 is 1.17 bits per heavy atom. The topological polar surface area (TPSA) is 12.5 Å². The molecule has 0 aromatic heterocycles. The van der Waals surface area contributed by atoms with E-state index >= 15 is 0 Å². The second-order valence-electron chi connectivity index (χ2n) is 3.84. The monoisotopic (exact) mass is 160 g/mol. The maximum atomic E-state index is 5.39. The minimum Gasteiger partial charge on any atom is -0.372 e. The molecule has 2 aliphatic rings. The Bertz CT molecular complexity index is 283. The first-order valence-electron chi connectivity index (χ1n) is 4.59. The van der Waals surface area contributed by atoms with Crippen molar-refractivity contribution < 1.29 is 4.74 Å². The summed E-state index contributed by atoms with van der Waals surface area (Å²) in [6.07, 6.45) is 3.18. The molecule has 1 heterocycles. The normalized spacial score (nSPS) is 29.8. The third kappa shape index (κ3) is 0.831. The lowest BCUT2D eigenvalue weighted by Gasteiger charge is -2.11. The van der Waals surface area contributed by atoms with E-state index in [0.29, 0.717) is 11.5 Å². The summed E-state index contributed by atoms with van der Waals surface area (Å²) < 4.78 is 5.39. The molecule has 2 fully saturated rings. The first-order chi connectivity index (χ1) is 5.92. The van der Waals surface area contributed by atoms with Crippen molar-refractivity contribution >= 4 is 0 Å². The van der Waals surface area contributed by atoms with Crippen LogP contribution in [0.2, 0.25) is 0 Å². The van der Waals surface area contributed by atoms with Gasteiger partial charge in [0.2, 0.25) is 0 Å². The van der Waals surface area contributed by atoms with Crippen LogP contribution in [0, 0.1) is 0 Å². The smallest absolute Gasteiger partial charge is 0.0906 e. The first kappa shape index (κ1) is 6.67. The molecule has 1 aliphatic carbocycles. The van der Waals surface area contributed by atoms with Gasteiger partial charge in [0.05, 0.1) is 12.7 Å². The molecule has 62 valence electrons. The molecule has 12 heavy (non-hydrogen) atoms. The maximum absolute atomic E-state index is 5.39. The van der Waals surface area contributed by atoms with Crippen LogP contribution < -0.4 is 0 Å². The lowest BCUT2D eigenvalue weighted by Crippen LogP contribution is -2.13. The largest absolute Gasteiger partial charge is 0.372 e. The van der Waals surface area contributed by atoms with Crippen LogP contribution in [0.4, 0.5) is 0 Å². The summed E-state index contributed by atoms with van der Waals surface area (Å²) in [7, 11) is 0. The van der Waals surface area contributed by atoms with Crippen LogP contribution in [0.3, 0.4) is 0 Å². The van der Waals surface area contributed by atoms with Gasteiger partial charge in [0, 0.05) is 5.41 Å². The third-order valence-electron chi connectivity index (χ3n) is 3.09. The Hall–Kier alpha value is -0.820. The van der Waals surface area contributed by atoms with Crippen LogP contribution in [0.25, 0.3) is 0 Å². The van der Waals surface area contributed by atoms with Crippen molar-refractivity contribution in [3.8, 4) is 0 Å². The van der Waals surface area contributed by atoms with E-state index in [9.17, 15) is 0 Å².